The minimum absolute atomic E-state index is 0.106. The zero-order valence-corrected chi connectivity index (χ0v) is 15.6. The van der Waals surface area contributed by atoms with Crippen molar-refractivity contribution in [3.63, 3.8) is 0 Å². The van der Waals surface area contributed by atoms with Crippen LogP contribution in [0, 0.1) is 13.8 Å². The van der Waals surface area contributed by atoms with E-state index in [1.807, 2.05) is 68.4 Å². The third-order valence-electron chi connectivity index (χ3n) is 4.16. The molecule has 1 fully saturated rings. The van der Waals surface area contributed by atoms with E-state index in [0.717, 1.165) is 22.5 Å². The average Bonchev–Trinajstić information content (AvgIpc) is 2.92. The Bertz CT molecular complexity index is 867. The van der Waals surface area contributed by atoms with E-state index in [0.29, 0.717) is 10.1 Å². The number of amidine groups is 1. The monoisotopic (exact) mass is 351 g/mol. The van der Waals surface area contributed by atoms with E-state index in [4.69, 9.17) is 0 Å². The summed E-state index contributed by atoms with van der Waals surface area (Å²) in [4.78, 5) is 19.5. The number of benzene rings is 2. The molecule has 1 N–H and O–H groups in total. The summed E-state index contributed by atoms with van der Waals surface area (Å²) in [7, 11) is 4.01. The average molecular weight is 351 g/mol. The minimum Gasteiger partial charge on any atom is -0.378 e. The van der Waals surface area contributed by atoms with Crippen molar-refractivity contribution in [2.24, 2.45) is 4.99 Å². The summed E-state index contributed by atoms with van der Waals surface area (Å²) in [6.07, 6.45) is 1.89. The molecular formula is C20H21N3OS. The van der Waals surface area contributed by atoms with Crippen LogP contribution in [0.15, 0.2) is 52.4 Å². The first-order valence-corrected chi connectivity index (χ1v) is 8.89. The molecule has 5 heteroatoms. The maximum absolute atomic E-state index is 12.2. The van der Waals surface area contributed by atoms with E-state index < -0.39 is 0 Å². The Morgan fingerprint density at radius 1 is 1.08 bits per heavy atom. The van der Waals surface area contributed by atoms with Crippen molar-refractivity contribution < 1.29 is 4.79 Å². The number of thioether (sulfide) groups is 1. The van der Waals surface area contributed by atoms with E-state index in [1.165, 1.54) is 17.3 Å². The van der Waals surface area contributed by atoms with Crippen LogP contribution in [0.3, 0.4) is 0 Å². The number of carbonyl (C=O) groups excluding carboxylic acids is 1. The number of aliphatic imine (C=N–C) groups is 1. The quantitative estimate of drug-likeness (QED) is 0.840. The van der Waals surface area contributed by atoms with Crippen molar-refractivity contribution in [1.29, 1.82) is 0 Å². The predicted octanol–water partition coefficient (Wildman–Crippen LogP) is 4.26. The molecule has 0 unspecified atom stereocenters. The summed E-state index contributed by atoms with van der Waals surface area (Å²) in [5.74, 6) is -0.106. The van der Waals surface area contributed by atoms with Gasteiger partial charge in [0.1, 0.15) is 0 Å². The van der Waals surface area contributed by atoms with Crippen molar-refractivity contribution in [1.82, 2.24) is 5.32 Å². The fourth-order valence-corrected chi connectivity index (χ4v) is 3.30. The molecule has 25 heavy (non-hydrogen) atoms. The molecule has 2 aromatic carbocycles. The van der Waals surface area contributed by atoms with Crippen LogP contribution in [0.5, 0.6) is 0 Å². The topological polar surface area (TPSA) is 44.7 Å². The van der Waals surface area contributed by atoms with Gasteiger partial charge < -0.3 is 10.2 Å². The highest BCUT2D eigenvalue weighted by Gasteiger charge is 2.24. The van der Waals surface area contributed by atoms with Gasteiger partial charge in [-0.25, -0.2) is 4.99 Å². The Labute approximate surface area is 152 Å². The molecule has 0 radical (unpaired) electrons. The van der Waals surface area contributed by atoms with Crippen molar-refractivity contribution >= 4 is 40.3 Å². The maximum atomic E-state index is 12.2. The summed E-state index contributed by atoms with van der Waals surface area (Å²) in [5.41, 5.74) is 5.33. The van der Waals surface area contributed by atoms with Crippen LogP contribution < -0.4 is 10.2 Å². The lowest BCUT2D eigenvalue weighted by Crippen LogP contribution is -2.19. The van der Waals surface area contributed by atoms with Crippen LogP contribution in [0.4, 0.5) is 11.4 Å². The second kappa shape index (κ2) is 7.15. The highest BCUT2D eigenvalue weighted by molar-refractivity contribution is 8.18. The van der Waals surface area contributed by atoms with Crippen LogP contribution in [-0.2, 0) is 4.79 Å². The molecule has 0 aliphatic carbocycles. The molecule has 0 saturated carbocycles. The molecule has 128 valence electrons. The van der Waals surface area contributed by atoms with E-state index >= 15 is 0 Å². The lowest BCUT2D eigenvalue weighted by molar-refractivity contribution is -0.115. The van der Waals surface area contributed by atoms with Gasteiger partial charge in [-0.15, -0.1) is 0 Å². The Morgan fingerprint density at radius 2 is 1.80 bits per heavy atom. The fraction of sp³-hybridized carbons (Fsp3) is 0.200. The summed E-state index contributed by atoms with van der Waals surface area (Å²) < 4.78 is 0. The van der Waals surface area contributed by atoms with Crippen molar-refractivity contribution in [2.45, 2.75) is 13.8 Å². The summed E-state index contributed by atoms with van der Waals surface area (Å²) in [6, 6.07) is 14.1. The van der Waals surface area contributed by atoms with E-state index in [1.54, 1.807) is 0 Å². The van der Waals surface area contributed by atoms with Gasteiger partial charge in [-0.3, -0.25) is 4.79 Å². The lowest BCUT2D eigenvalue weighted by Gasteiger charge is -2.11. The second-order valence-electron chi connectivity index (χ2n) is 6.19. The molecule has 0 atom stereocenters. The zero-order chi connectivity index (χ0) is 18.0. The minimum atomic E-state index is -0.106. The number of aryl methyl sites for hydroxylation is 1. The van der Waals surface area contributed by atoms with Crippen LogP contribution in [0.25, 0.3) is 6.08 Å². The lowest BCUT2D eigenvalue weighted by atomic mass is 10.1. The first-order chi connectivity index (χ1) is 11.9. The molecule has 0 spiro atoms. The Kier molecular flexibility index (Phi) is 4.95. The standard InChI is InChI=1S/C20H21N3OS/c1-13-6-5-7-17(14(13)2)21-20-22-19(24)18(25-20)12-15-8-10-16(11-9-15)23(3)4/h5-12H,1-4H3,(H,21,22,24). The number of nitrogens with zero attached hydrogens (tertiary/aromatic N) is 2. The van der Waals surface area contributed by atoms with Gasteiger partial charge in [0, 0.05) is 19.8 Å². The molecule has 1 saturated heterocycles. The molecule has 1 aliphatic rings. The maximum Gasteiger partial charge on any atom is 0.264 e. The first kappa shape index (κ1) is 17.3. The Hall–Kier alpha value is -2.53. The number of hydrogen-bond donors (Lipinski definition) is 1. The molecule has 1 amide bonds. The van der Waals surface area contributed by atoms with Gasteiger partial charge in [0.25, 0.3) is 5.91 Å². The molecule has 3 rings (SSSR count). The predicted molar refractivity (Wildman–Crippen MR) is 107 cm³/mol. The highest BCUT2D eigenvalue weighted by atomic mass is 32.2. The zero-order valence-electron chi connectivity index (χ0n) is 14.8. The van der Waals surface area contributed by atoms with Gasteiger partial charge in [0.15, 0.2) is 5.17 Å². The van der Waals surface area contributed by atoms with Gasteiger partial charge in [0.2, 0.25) is 0 Å². The van der Waals surface area contributed by atoms with Gasteiger partial charge in [-0.2, -0.15) is 0 Å². The van der Waals surface area contributed by atoms with Crippen LogP contribution in [0.1, 0.15) is 16.7 Å². The van der Waals surface area contributed by atoms with Crippen LogP contribution in [0.2, 0.25) is 0 Å². The first-order valence-electron chi connectivity index (χ1n) is 8.07. The van der Waals surface area contributed by atoms with Gasteiger partial charge >= 0.3 is 0 Å². The number of amides is 1. The molecule has 0 aromatic heterocycles. The number of anilines is 1. The fourth-order valence-electron chi connectivity index (χ4n) is 2.47. The molecule has 1 aliphatic heterocycles. The largest absolute Gasteiger partial charge is 0.378 e. The van der Waals surface area contributed by atoms with Crippen molar-refractivity contribution in [2.75, 3.05) is 19.0 Å². The number of hydrogen-bond acceptors (Lipinski definition) is 4. The van der Waals surface area contributed by atoms with E-state index in [9.17, 15) is 4.79 Å². The molecule has 1 heterocycles. The van der Waals surface area contributed by atoms with E-state index in [2.05, 4.69) is 23.3 Å². The van der Waals surface area contributed by atoms with Gasteiger partial charge in [-0.1, -0.05) is 24.3 Å². The smallest absolute Gasteiger partial charge is 0.264 e. The summed E-state index contributed by atoms with van der Waals surface area (Å²) >= 11 is 1.37. The van der Waals surface area contributed by atoms with Gasteiger partial charge in [-0.05, 0) is 66.6 Å². The van der Waals surface area contributed by atoms with Crippen molar-refractivity contribution in [3.8, 4) is 0 Å². The summed E-state index contributed by atoms with van der Waals surface area (Å²) in [6.45, 7) is 4.10. The highest BCUT2D eigenvalue weighted by Crippen LogP contribution is 2.30. The van der Waals surface area contributed by atoms with Gasteiger partial charge in [0.05, 0.1) is 10.6 Å². The second-order valence-corrected chi connectivity index (χ2v) is 7.22. The Morgan fingerprint density at radius 3 is 2.48 bits per heavy atom. The van der Waals surface area contributed by atoms with E-state index in [-0.39, 0.29) is 5.91 Å². The molecular weight excluding hydrogens is 330 g/mol. The van der Waals surface area contributed by atoms with Crippen LogP contribution in [-0.4, -0.2) is 25.2 Å². The summed E-state index contributed by atoms with van der Waals surface area (Å²) in [5, 5.41) is 3.47. The van der Waals surface area contributed by atoms with Crippen LogP contribution >= 0.6 is 11.8 Å². The SMILES string of the molecule is Cc1cccc(N=C2NC(=O)C(=Cc3ccc(N(C)C)cc3)S2)c1C. The molecule has 0 bridgehead atoms. The van der Waals surface area contributed by atoms with Crippen molar-refractivity contribution in [3.05, 3.63) is 64.1 Å². The number of rotatable bonds is 3. The Balaban J connectivity index is 1.82. The normalized spacial score (nSPS) is 17.2. The molecule has 4 nitrogen and oxygen atoms in total. The number of carbonyl (C=O) groups is 1. The third kappa shape index (κ3) is 3.94. The number of nitrogens with one attached hydrogen (secondary N) is 1. The molecule has 2 aromatic rings. The third-order valence-corrected chi connectivity index (χ3v) is 5.07.